The molecule has 1 heterocycles. The molecule has 1 fully saturated rings. The predicted molar refractivity (Wildman–Crippen MR) is 90.0 cm³/mol. The fourth-order valence-electron chi connectivity index (χ4n) is 2.90. The number of piperidine rings is 1. The van der Waals surface area contributed by atoms with Gasteiger partial charge in [0, 0.05) is 24.6 Å². The highest BCUT2D eigenvalue weighted by Crippen LogP contribution is 2.29. The van der Waals surface area contributed by atoms with Crippen LogP contribution < -0.4 is 20.5 Å². The summed E-state index contributed by atoms with van der Waals surface area (Å²) >= 11 is 0. The van der Waals surface area contributed by atoms with Crippen molar-refractivity contribution in [1.29, 1.82) is 0 Å². The number of methoxy groups -OCH3 is 2. The lowest BCUT2D eigenvalue weighted by molar-refractivity contribution is -0.123. The molecule has 24 heavy (non-hydrogen) atoms. The number of urea groups is 1. The van der Waals surface area contributed by atoms with Crippen LogP contribution >= 0.6 is 0 Å². The van der Waals surface area contributed by atoms with E-state index in [2.05, 4.69) is 5.32 Å². The Kier molecular flexibility index (Phi) is 5.89. The average molecular weight is 335 g/mol. The molecule has 7 heteroatoms. The number of carbonyl (C=O) groups excluding carboxylic acids is 2. The first-order valence-electron chi connectivity index (χ1n) is 8.03. The summed E-state index contributed by atoms with van der Waals surface area (Å²) in [5.74, 6) is 0.972. The van der Waals surface area contributed by atoms with Crippen LogP contribution in [0.2, 0.25) is 0 Å². The van der Waals surface area contributed by atoms with Crippen molar-refractivity contribution < 1.29 is 19.1 Å². The van der Waals surface area contributed by atoms with Crippen molar-refractivity contribution in [3.8, 4) is 11.5 Å². The molecule has 7 nitrogen and oxygen atoms in total. The summed E-state index contributed by atoms with van der Waals surface area (Å²) in [7, 11) is 3.19. The Balaban J connectivity index is 2.00. The van der Waals surface area contributed by atoms with Crippen molar-refractivity contribution in [1.82, 2.24) is 10.2 Å². The largest absolute Gasteiger partial charge is 0.497 e. The zero-order valence-electron chi connectivity index (χ0n) is 14.4. The first-order chi connectivity index (χ1) is 11.5. The molecule has 0 saturated carbocycles. The molecule has 0 spiro atoms. The summed E-state index contributed by atoms with van der Waals surface area (Å²) in [6, 6.07) is 5.08. The Morgan fingerprint density at radius 3 is 2.46 bits per heavy atom. The molecule has 3 N–H and O–H groups in total. The number of rotatable bonds is 5. The maximum absolute atomic E-state index is 12.4. The van der Waals surface area contributed by atoms with E-state index in [1.54, 1.807) is 19.1 Å². The molecule has 1 aliphatic rings. The quantitative estimate of drug-likeness (QED) is 0.856. The number of nitrogens with zero attached hydrogens (tertiary/aromatic N) is 1. The van der Waals surface area contributed by atoms with Crippen LogP contribution in [-0.4, -0.2) is 44.1 Å². The predicted octanol–water partition coefficient (Wildman–Crippen LogP) is 1.67. The number of ether oxygens (including phenoxy) is 2. The number of likely N-dealkylation sites (tertiary alicyclic amines) is 1. The van der Waals surface area contributed by atoms with E-state index in [0.717, 1.165) is 5.56 Å². The number of hydrogen-bond donors (Lipinski definition) is 2. The maximum Gasteiger partial charge on any atom is 0.317 e. The Bertz CT molecular complexity index is 597. The second-order valence-corrected chi connectivity index (χ2v) is 5.94. The molecule has 1 aliphatic heterocycles. The minimum Gasteiger partial charge on any atom is -0.497 e. The van der Waals surface area contributed by atoms with Crippen molar-refractivity contribution in [3.05, 3.63) is 23.8 Å². The first-order valence-corrected chi connectivity index (χ1v) is 8.03. The number of amides is 3. The highest BCUT2D eigenvalue weighted by Gasteiger charge is 2.27. The molecular weight excluding hydrogens is 310 g/mol. The fraction of sp³-hybridized carbons (Fsp3) is 0.529. The second kappa shape index (κ2) is 7.90. The third kappa shape index (κ3) is 4.10. The number of benzene rings is 1. The summed E-state index contributed by atoms with van der Waals surface area (Å²) < 4.78 is 10.6. The van der Waals surface area contributed by atoms with Gasteiger partial charge < -0.3 is 25.4 Å². The smallest absolute Gasteiger partial charge is 0.317 e. The van der Waals surface area contributed by atoms with Crippen molar-refractivity contribution in [2.45, 2.75) is 25.8 Å². The summed E-state index contributed by atoms with van der Waals surface area (Å²) in [6.45, 7) is 2.95. The van der Waals surface area contributed by atoms with Gasteiger partial charge in [0.1, 0.15) is 11.5 Å². The molecule has 1 aromatic rings. The molecule has 0 aliphatic carbocycles. The number of primary amides is 1. The van der Waals surface area contributed by atoms with Gasteiger partial charge in [-0.2, -0.15) is 0 Å². The fourth-order valence-corrected chi connectivity index (χ4v) is 2.90. The van der Waals surface area contributed by atoms with Crippen LogP contribution in [0, 0.1) is 5.92 Å². The molecule has 0 radical (unpaired) electrons. The molecule has 132 valence electrons. The van der Waals surface area contributed by atoms with Crippen LogP contribution in [0.15, 0.2) is 18.2 Å². The number of nitrogens with one attached hydrogen (secondary N) is 1. The van der Waals surface area contributed by atoms with E-state index in [1.165, 1.54) is 0 Å². The SMILES string of the molecule is COc1ccc(OC)c(C(C)NC(=O)N2CCC(C(N)=O)CC2)c1. The van der Waals surface area contributed by atoms with Gasteiger partial charge in [-0.15, -0.1) is 0 Å². The van der Waals surface area contributed by atoms with Crippen LogP contribution in [0.4, 0.5) is 4.79 Å². The Morgan fingerprint density at radius 2 is 1.92 bits per heavy atom. The third-order valence-electron chi connectivity index (χ3n) is 4.43. The summed E-state index contributed by atoms with van der Waals surface area (Å²) in [6.07, 6.45) is 1.22. The highest BCUT2D eigenvalue weighted by atomic mass is 16.5. The minimum absolute atomic E-state index is 0.134. The van der Waals surface area contributed by atoms with Crippen molar-refractivity contribution in [3.63, 3.8) is 0 Å². The van der Waals surface area contributed by atoms with E-state index in [0.29, 0.717) is 37.4 Å². The Labute approximate surface area is 142 Å². The number of nitrogens with two attached hydrogens (primary N) is 1. The van der Waals surface area contributed by atoms with Gasteiger partial charge in [-0.1, -0.05) is 0 Å². The van der Waals surface area contributed by atoms with E-state index >= 15 is 0 Å². The van der Waals surface area contributed by atoms with Gasteiger partial charge in [-0.3, -0.25) is 4.79 Å². The van der Waals surface area contributed by atoms with E-state index in [-0.39, 0.29) is 23.9 Å². The first kappa shape index (κ1) is 17.9. The van der Waals surface area contributed by atoms with Crippen LogP contribution in [0.1, 0.15) is 31.4 Å². The summed E-state index contributed by atoms with van der Waals surface area (Å²) in [5.41, 5.74) is 6.17. The standard InChI is InChI=1S/C17H25N3O4/c1-11(14-10-13(23-2)4-5-15(14)24-3)19-17(22)20-8-6-12(7-9-20)16(18)21/h4-5,10-12H,6-9H2,1-3H3,(H2,18,21)(H,19,22). The van der Waals surface area contributed by atoms with E-state index < -0.39 is 0 Å². The van der Waals surface area contributed by atoms with Crippen LogP contribution in [0.25, 0.3) is 0 Å². The normalized spacial score (nSPS) is 16.4. The monoisotopic (exact) mass is 335 g/mol. The summed E-state index contributed by atoms with van der Waals surface area (Å²) in [5, 5.41) is 2.97. The van der Waals surface area contributed by atoms with Crippen LogP contribution in [-0.2, 0) is 4.79 Å². The van der Waals surface area contributed by atoms with Gasteiger partial charge in [0.15, 0.2) is 0 Å². The number of hydrogen-bond acceptors (Lipinski definition) is 4. The van der Waals surface area contributed by atoms with Gasteiger partial charge >= 0.3 is 6.03 Å². The maximum atomic E-state index is 12.4. The second-order valence-electron chi connectivity index (χ2n) is 5.94. The molecule has 0 bridgehead atoms. The van der Waals surface area contributed by atoms with Crippen molar-refractivity contribution in [2.24, 2.45) is 11.7 Å². The minimum atomic E-state index is -0.287. The molecular formula is C17H25N3O4. The van der Waals surface area contributed by atoms with Crippen molar-refractivity contribution in [2.75, 3.05) is 27.3 Å². The van der Waals surface area contributed by atoms with Crippen molar-refractivity contribution >= 4 is 11.9 Å². The van der Waals surface area contributed by atoms with Gasteiger partial charge in [-0.05, 0) is 38.0 Å². The average Bonchev–Trinajstić information content (AvgIpc) is 2.60. The lowest BCUT2D eigenvalue weighted by atomic mass is 9.96. The Hall–Kier alpha value is -2.44. The van der Waals surface area contributed by atoms with E-state index in [1.807, 2.05) is 25.1 Å². The molecule has 1 aromatic carbocycles. The molecule has 3 amide bonds. The molecule has 1 saturated heterocycles. The zero-order valence-corrected chi connectivity index (χ0v) is 14.4. The third-order valence-corrected chi connectivity index (χ3v) is 4.43. The zero-order chi connectivity index (χ0) is 17.7. The number of carbonyl (C=O) groups is 2. The van der Waals surface area contributed by atoms with Crippen LogP contribution in [0.5, 0.6) is 11.5 Å². The van der Waals surface area contributed by atoms with Gasteiger partial charge in [0.2, 0.25) is 5.91 Å². The van der Waals surface area contributed by atoms with Gasteiger partial charge in [-0.25, -0.2) is 4.79 Å². The Morgan fingerprint density at radius 1 is 1.25 bits per heavy atom. The van der Waals surface area contributed by atoms with Crippen LogP contribution in [0.3, 0.4) is 0 Å². The lowest BCUT2D eigenvalue weighted by Gasteiger charge is -2.31. The molecule has 0 aromatic heterocycles. The topological polar surface area (TPSA) is 93.9 Å². The molecule has 1 atom stereocenters. The molecule has 1 unspecified atom stereocenters. The van der Waals surface area contributed by atoms with E-state index in [4.69, 9.17) is 15.2 Å². The van der Waals surface area contributed by atoms with Gasteiger partial charge in [0.05, 0.1) is 20.3 Å². The van der Waals surface area contributed by atoms with Gasteiger partial charge in [0.25, 0.3) is 0 Å². The lowest BCUT2D eigenvalue weighted by Crippen LogP contribution is -2.46. The highest BCUT2D eigenvalue weighted by molar-refractivity contribution is 5.78. The molecule has 2 rings (SSSR count). The van der Waals surface area contributed by atoms with E-state index in [9.17, 15) is 9.59 Å². The summed E-state index contributed by atoms with van der Waals surface area (Å²) in [4.78, 5) is 25.4.